The normalized spacial score (nSPS) is 18.1. The molecule has 14 heavy (non-hydrogen) atoms. The lowest BCUT2D eigenvalue weighted by molar-refractivity contribution is -0.136. The molecule has 1 aliphatic rings. The van der Waals surface area contributed by atoms with Gasteiger partial charge in [-0.05, 0) is 25.7 Å². The van der Waals surface area contributed by atoms with E-state index in [0.29, 0.717) is 16.9 Å². The van der Waals surface area contributed by atoms with Crippen LogP contribution in [0.4, 0.5) is 0 Å². The van der Waals surface area contributed by atoms with Crippen molar-refractivity contribution in [1.82, 2.24) is 15.2 Å². The van der Waals surface area contributed by atoms with Crippen molar-refractivity contribution in [1.29, 1.82) is 0 Å². The molecule has 0 aliphatic heterocycles. The molecule has 0 saturated heterocycles. The highest BCUT2D eigenvalue weighted by atomic mass is 32.2. The third-order valence-corrected chi connectivity index (χ3v) is 3.34. The van der Waals surface area contributed by atoms with Gasteiger partial charge in [-0.15, -0.1) is 5.10 Å². The Morgan fingerprint density at radius 2 is 2.43 bits per heavy atom. The number of aromatic nitrogens is 3. The minimum absolute atomic E-state index is 0.302. The molecule has 1 atom stereocenters. The first-order valence-electron chi connectivity index (χ1n) is 4.45. The van der Waals surface area contributed by atoms with Crippen LogP contribution in [0.25, 0.3) is 0 Å². The van der Waals surface area contributed by atoms with Gasteiger partial charge in [0.05, 0.1) is 0 Å². The van der Waals surface area contributed by atoms with Gasteiger partial charge < -0.3 is 5.11 Å². The van der Waals surface area contributed by atoms with Crippen molar-refractivity contribution in [2.45, 2.75) is 30.2 Å². The first kappa shape index (κ1) is 9.51. The van der Waals surface area contributed by atoms with E-state index in [1.165, 1.54) is 11.8 Å². The molecule has 1 aromatic rings. The van der Waals surface area contributed by atoms with Crippen LogP contribution in [0, 0.1) is 12.8 Å². The molecule has 6 heteroatoms. The van der Waals surface area contributed by atoms with Crippen LogP contribution in [-0.2, 0) is 4.79 Å². The molecule has 1 aliphatic carbocycles. The summed E-state index contributed by atoms with van der Waals surface area (Å²) >= 11 is 1.24. The average molecular weight is 213 g/mol. The van der Waals surface area contributed by atoms with Crippen LogP contribution in [0.15, 0.2) is 5.16 Å². The lowest BCUT2D eigenvalue weighted by Gasteiger charge is -2.06. The fraction of sp³-hybridized carbons (Fsp3) is 0.625. The number of carboxylic acid groups (broad SMARTS) is 1. The van der Waals surface area contributed by atoms with Gasteiger partial charge in [-0.3, -0.25) is 9.89 Å². The Morgan fingerprint density at radius 3 is 2.86 bits per heavy atom. The van der Waals surface area contributed by atoms with E-state index in [2.05, 4.69) is 15.2 Å². The minimum Gasteiger partial charge on any atom is -0.480 e. The zero-order chi connectivity index (χ0) is 10.1. The van der Waals surface area contributed by atoms with Gasteiger partial charge in [0.15, 0.2) is 0 Å². The van der Waals surface area contributed by atoms with Gasteiger partial charge in [0.1, 0.15) is 11.1 Å². The summed E-state index contributed by atoms with van der Waals surface area (Å²) in [5, 5.41) is 15.7. The quantitative estimate of drug-likeness (QED) is 0.731. The number of hydrogen-bond donors (Lipinski definition) is 2. The SMILES string of the molecule is Cc1nc(SC(C(=O)O)C2CC2)n[nH]1. The van der Waals surface area contributed by atoms with Gasteiger partial charge in [0.25, 0.3) is 0 Å². The number of aryl methyl sites for hydroxylation is 1. The van der Waals surface area contributed by atoms with E-state index in [0.717, 1.165) is 12.8 Å². The molecule has 1 aromatic heterocycles. The summed E-state index contributed by atoms with van der Waals surface area (Å²) in [6.07, 6.45) is 2.01. The van der Waals surface area contributed by atoms with E-state index in [-0.39, 0.29) is 5.25 Å². The third-order valence-electron chi connectivity index (χ3n) is 2.10. The van der Waals surface area contributed by atoms with E-state index >= 15 is 0 Å². The van der Waals surface area contributed by atoms with Crippen molar-refractivity contribution in [2.75, 3.05) is 0 Å². The summed E-state index contributed by atoms with van der Waals surface area (Å²) in [5.41, 5.74) is 0. The second-order valence-electron chi connectivity index (χ2n) is 3.42. The Kier molecular flexibility index (Phi) is 2.45. The Morgan fingerprint density at radius 1 is 1.71 bits per heavy atom. The lowest BCUT2D eigenvalue weighted by Crippen LogP contribution is -2.18. The molecule has 1 fully saturated rings. The van der Waals surface area contributed by atoms with Crippen molar-refractivity contribution >= 4 is 17.7 Å². The Hall–Kier alpha value is -1.04. The maximum atomic E-state index is 10.9. The molecule has 0 amide bonds. The monoisotopic (exact) mass is 213 g/mol. The van der Waals surface area contributed by atoms with Gasteiger partial charge in [0.2, 0.25) is 5.16 Å². The Bertz CT molecular complexity index is 348. The first-order valence-corrected chi connectivity index (χ1v) is 5.33. The van der Waals surface area contributed by atoms with Crippen LogP contribution >= 0.6 is 11.8 Å². The predicted molar refractivity (Wildman–Crippen MR) is 51.1 cm³/mol. The summed E-state index contributed by atoms with van der Waals surface area (Å²) in [7, 11) is 0. The van der Waals surface area contributed by atoms with E-state index in [4.69, 9.17) is 5.11 Å². The largest absolute Gasteiger partial charge is 0.480 e. The second-order valence-corrected chi connectivity index (χ2v) is 4.53. The molecule has 2 N–H and O–H groups in total. The minimum atomic E-state index is -0.764. The van der Waals surface area contributed by atoms with Crippen LogP contribution in [0.5, 0.6) is 0 Å². The first-order chi connectivity index (χ1) is 6.66. The van der Waals surface area contributed by atoms with Gasteiger partial charge in [-0.25, -0.2) is 4.98 Å². The summed E-state index contributed by atoms with van der Waals surface area (Å²) in [4.78, 5) is 15.0. The number of carboxylic acids is 1. The molecule has 1 heterocycles. The van der Waals surface area contributed by atoms with Crippen molar-refractivity contribution in [2.24, 2.45) is 5.92 Å². The molecule has 0 bridgehead atoms. The molecule has 1 saturated carbocycles. The fourth-order valence-corrected chi connectivity index (χ4v) is 2.32. The van der Waals surface area contributed by atoms with Crippen LogP contribution in [0.3, 0.4) is 0 Å². The molecular formula is C8H11N3O2S. The third kappa shape index (κ3) is 2.06. The van der Waals surface area contributed by atoms with Gasteiger partial charge in [-0.1, -0.05) is 11.8 Å². The molecule has 1 unspecified atom stereocenters. The number of nitrogens with zero attached hydrogens (tertiary/aromatic N) is 2. The molecule has 5 nitrogen and oxygen atoms in total. The number of aromatic amines is 1. The highest BCUT2D eigenvalue weighted by Gasteiger charge is 2.37. The summed E-state index contributed by atoms with van der Waals surface area (Å²) in [6.45, 7) is 1.80. The van der Waals surface area contributed by atoms with Crippen LogP contribution < -0.4 is 0 Å². The van der Waals surface area contributed by atoms with Crippen molar-refractivity contribution < 1.29 is 9.90 Å². The summed E-state index contributed by atoms with van der Waals surface area (Å²) in [5.74, 6) is 0.253. The second kappa shape index (κ2) is 3.61. The Labute approximate surface area is 85.3 Å². The highest BCUT2D eigenvalue weighted by molar-refractivity contribution is 8.00. The lowest BCUT2D eigenvalue weighted by atomic mass is 10.3. The number of rotatable bonds is 4. The molecule has 0 radical (unpaired) electrons. The van der Waals surface area contributed by atoms with Crippen LogP contribution in [0.2, 0.25) is 0 Å². The summed E-state index contributed by atoms with van der Waals surface area (Å²) < 4.78 is 0. The van der Waals surface area contributed by atoms with Crippen molar-refractivity contribution in [3.05, 3.63) is 5.82 Å². The number of H-pyrrole nitrogens is 1. The zero-order valence-electron chi connectivity index (χ0n) is 7.73. The molecule has 2 rings (SSSR count). The molecular weight excluding hydrogens is 202 g/mol. The topological polar surface area (TPSA) is 78.9 Å². The van der Waals surface area contributed by atoms with E-state index in [1.54, 1.807) is 6.92 Å². The number of aliphatic carboxylic acids is 1. The van der Waals surface area contributed by atoms with Crippen LogP contribution in [0.1, 0.15) is 18.7 Å². The van der Waals surface area contributed by atoms with E-state index < -0.39 is 5.97 Å². The summed E-state index contributed by atoms with van der Waals surface area (Å²) in [6, 6.07) is 0. The van der Waals surface area contributed by atoms with Crippen molar-refractivity contribution in [3.8, 4) is 0 Å². The highest BCUT2D eigenvalue weighted by Crippen LogP contribution is 2.40. The maximum absolute atomic E-state index is 10.9. The molecule has 0 spiro atoms. The number of carbonyl (C=O) groups is 1. The number of hydrogen-bond acceptors (Lipinski definition) is 4. The maximum Gasteiger partial charge on any atom is 0.317 e. The molecule has 0 aromatic carbocycles. The number of nitrogens with one attached hydrogen (secondary N) is 1. The van der Waals surface area contributed by atoms with Gasteiger partial charge in [0, 0.05) is 0 Å². The zero-order valence-corrected chi connectivity index (χ0v) is 8.54. The average Bonchev–Trinajstić information content (AvgIpc) is 2.86. The van der Waals surface area contributed by atoms with Gasteiger partial charge >= 0.3 is 5.97 Å². The van der Waals surface area contributed by atoms with Crippen molar-refractivity contribution in [3.63, 3.8) is 0 Å². The fourth-order valence-electron chi connectivity index (χ4n) is 1.24. The van der Waals surface area contributed by atoms with E-state index in [1.807, 2.05) is 0 Å². The molecule has 76 valence electrons. The predicted octanol–water partition coefficient (Wildman–Crippen LogP) is 1.07. The smallest absolute Gasteiger partial charge is 0.317 e. The van der Waals surface area contributed by atoms with Crippen LogP contribution in [-0.4, -0.2) is 31.5 Å². The number of thioether (sulfide) groups is 1. The van der Waals surface area contributed by atoms with Gasteiger partial charge in [-0.2, -0.15) is 0 Å². The Balaban J connectivity index is 2.03. The van der Waals surface area contributed by atoms with E-state index in [9.17, 15) is 4.79 Å². The standard InChI is InChI=1S/C8H11N3O2S/c1-4-9-8(11-10-4)14-6(7(12)13)5-2-3-5/h5-6H,2-3H2,1H3,(H,12,13)(H,9,10,11).